The van der Waals surface area contributed by atoms with Crippen molar-refractivity contribution in [1.29, 1.82) is 0 Å². The fourth-order valence-electron chi connectivity index (χ4n) is 0.881. The summed E-state index contributed by atoms with van der Waals surface area (Å²) < 4.78 is 0. The second-order valence-electron chi connectivity index (χ2n) is 4.07. The van der Waals surface area contributed by atoms with Crippen LogP contribution < -0.4 is 5.73 Å². The molecule has 0 saturated carbocycles. The molecule has 0 fully saturated rings. The third kappa shape index (κ3) is 2.28. The number of hydrogen-bond donors (Lipinski definition) is 1. The Hall–Kier alpha value is -1.38. The van der Waals surface area contributed by atoms with Crippen LogP contribution in [0.15, 0.2) is 19.0 Å². The zero-order valence-electron chi connectivity index (χ0n) is 8.33. The van der Waals surface area contributed by atoms with Crippen LogP contribution in [0.2, 0.25) is 0 Å². The highest BCUT2D eigenvalue weighted by Gasteiger charge is 2.14. The first-order valence-corrected chi connectivity index (χ1v) is 4.18. The van der Waals surface area contributed by atoms with E-state index >= 15 is 0 Å². The van der Waals surface area contributed by atoms with E-state index < -0.39 is 0 Å². The van der Waals surface area contributed by atoms with Crippen LogP contribution >= 0.6 is 0 Å². The fraction of sp³-hybridized carbons (Fsp3) is 0.400. The van der Waals surface area contributed by atoms with Crippen molar-refractivity contribution in [2.75, 3.05) is 0 Å². The van der Waals surface area contributed by atoms with E-state index in [2.05, 4.69) is 37.3 Å². The van der Waals surface area contributed by atoms with Crippen LogP contribution in [0.3, 0.4) is 0 Å². The van der Waals surface area contributed by atoms with Crippen LogP contribution in [-0.2, 0) is 5.41 Å². The van der Waals surface area contributed by atoms with Crippen LogP contribution in [0.5, 0.6) is 0 Å². The SMILES string of the molecule is C=C(N)c1ncc(C(C)(C)C)cn1. The molecule has 70 valence electrons. The van der Waals surface area contributed by atoms with E-state index in [1.54, 1.807) is 12.4 Å². The summed E-state index contributed by atoms with van der Waals surface area (Å²) in [5, 5.41) is 0. The topological polar surface area (TPSA) is 51.8 Å². The minimum atomic E-state index is 0.0778. The van der Waals surface area contributed by atoms with Crippen molar-refractivity contribution in [1.82, 2.24) is 9.97 Å². The Bertz CT molecular complexity index is 306. The summed E-state index contributed by atoms with van der Waals surface area (Å²) >= 11 is 0. The van der Waals surface area contributed by atoms with E-state index in [1.165, 1.54) is 0 Å². The minimum absolute atomic E-state index is 0.0778. The first kappa shape index (κ1) is 9.71. The molecule has 3 heteroatoms. The predicted molar refractivity (Wildman–Crippen MR) is 54.0 cm³/mol. The standard InChI is InChI=1S/C10H15N3/c1-7(11)9-12-5-8(6-13-9)10(2,3)4/h5-6H,1,11H2,2-4H3. The highest BCUT2D eigenvalue weighted by molar-refractivity contribution is 5.52. The molecule has 0 aliphatic rings. The lowest BCUT2D eigenvalue weighted by Gasteiger charge is -2.17. The average molecular weight is 177 g/mol. The summed E-state index contributed by atoms with van der Waals surface area (Å²) in [5.74, 6) is 0.507. The van der Waals surface area contributed by atoms with Gasteiger partial charge in [0.25, 0.3) is 0 Å². The maximum atomic E-state index is 5.45. The molecule has 1 aromatic rings. The molecular formula is C10H15N3. The van der Waals surface area contributed by atoms with Crippen LogP contribution in [0.4, 0.5) is 0 Å². The van der Waals surface area contributed by atoms with E-state index in [9.17, 15) is 0 Å². The van der Waals surface area contributed by atoms with Gasteiger partial charge in [0.15, 0.2) is 5.82 Å². The zero-order valence-corrected chi connectivity index (χ0v) is 8.33. The molecule has 1 aromatic heterocycles. The van der Waals surface area contributed by atoms with Crippen molar-refractivity contribution < 1.29 is 0 Å². The van der Waals surface area contributed by atoms with E-state index in [4.69, 9.17) is 5.73 Å². The van der Waals surface area contributed by atoms with Crippen LogP contribution in [0.1, 0.15) is 32.2 Å². The molecule has 0 unspecified atom stereocenters. The Morgan fingerprint density at radius 2 is 1.77 bits per heavy atom. The van der Waals surface area contributed by atoms with E-state index in [0.29, 0.717) is 11.5 Å². The molecule has 0 amide bonds. The van der Waals surface area contributed by atoms with Gasteiger partial charge >= 0.3 is 0 Å². The summed E-state index contributed by atoms with van der Waals surface area (Å²) in [6.07, 6.45) is 3.58. The van der Waals surface area contributed by atoms with Crippen molar-refractivity contribution in [3.8, 4) is 0 Å². The molecule has 1 heterocycles. The highest BCUT2D eigenvalue weighted by Crippen LogP contribution is 2.20. The van der Waals surface area contributed by atoms with Crippen molar-refractivity contribution in [2.24, 2.45) is 5.73 Å². The van der Waals surface area contributed by atoms with E-state index in [0.717, 1.165) is 5.56 Å². The van der Waals surface area contributed by atoms with E-state index in [1.807, 2.05) is 0 Å². The molecule has 0 aliphatic carbocycles. The van der Waals surface area contributed by atoms with Gasteiger partial charge in [-0.2, -0.15) is 0 Å². The van der Waals surface area contributed by atoms with Gasteiger partial charge in [-0.05, 0) is 11.0 Å². The van der Waals surface area contributed by atoms with Gasteiger partial charge in [-0.15, -0.1) is 0 Å². The maximum absolute atomic E-state index is 5.45. The second kappa shape index (κ2) is 3.17. The molecular weight excluding hydrogens is 162 g/mol. The quantitative estimate of drug-likeness (QED) is 0.710. The zero-order chi connectivity index (χ0) is 10.1. The van der Waals surface area contributed by atoms with Crippen molar-refractivity contribution in [3.63, 3.8) is 0 Å². The van der Waals surface area contributed by atoms with Crippen LogP contribution in [0, 0.1) is 0 Å². The predicted octanol–water partition coefficient (Wildman–Crippen LogP) is 1.70. The first-order valence-electron chi connectivity index (χ1n) is 4.18. The number of nitrogens with two attached hydrogens (primary N) is 1. The molecule has 2 N–H and O–H groups in total. The van der Waals surface area contributed by atoms with Crippen molar-refractivity contribution >= 4 is 5.70 Å². The number of rotatable bonds is 1. The highest BCUT2D eigenvalue weighted by atomic mass is 14.9. The maximum Gasteiger partial charge on any atom is 0.174 e. The Morgan fingerprint density at radius 3 is 2.08 bits per heavy atom. The molecule has 3 nitrogen and oxygen atoms in total. The monoisotopic (exact) mass is 177 g/mol. The Kier molecular flexibility index (Phi) is 2.36. The Balaban J connectivity index is 3.01. The number of aromatic nitrogens is 2. The Labute approximate surface area is 78.7 Å². The molecule has 0 radical (unpaired) electrons. The summed E-state index contributed by atoms with van der Waals surface area (Å²) in [6, 6.07) is 0. The van der Waals surface area contributed by atoms with Gasteiger partial charge in [0.1, 0.15) is 0 Å². The summed E-state index contributed by atoms with van der Waals surface area (Å²) in [7, 11) is 0. The van der Waals surface area contributed by atoms with Gasteiger partial charge in [0.05, 0.1) is 5.70 Å². The molecule has 0 aromatic carbocycles. The fourth-order valence-corrected chi connectivity index (χ4v) is 0.881. The lowest BCUT2D eigenvalue weighted by Crippen LogP contribution is -2.13. The molecule has 0 saturated heterocycles. The molecule has 0 atom stereocenters. The van der Waals surface area contributed by atoms with Gasteiger partial charge in [0.2, 0.25) is 0 Å². The number of hydrogen-bond acceptors (Lipinski definition) is 3. The molecule has 0 spiro atoms. The van der Waals surface area contributed by atoms with Crippen molar-refractivity contribution in [3.05, 3.63) is 30.4 Å². The molecule has 0 bridgehead atoms. The van der Waals surface area contributed by atoms with Gasteiger partial charge < -0.3 is 5.73 Å². The minimum Gasteiger partial charge on any atom is -0.396 e. The molecule has 0 aliphatic heterocycles. The normalized spacial score (nSPS) is 11.3. The second-order valence-corrected chi connectivity index (χ2v) is 4.07. The third-order valence-electron chi connectivity index (χ3n) is 1.81. The lowest BCUT2D eigenvalue weighted by atomic mass is 9.89. The van der Waals surface area contributed by atoms with Crippen LogP contribution in [-0.4, -0.2) is 9.97 Å². The largest absolute Gasteiger partial charge is 0.396 e. The average Bonchev–Trinajstić information content (AvgIpc) is 2.03. The van der Waals surface area contributed by atoms with Gasteiger partial charge in [0, 0.05) is 12.4 Å². The third-order valence-corrected chi connectivity index (χ3v) is 1.81. The molecule has 1 rings (SSSR count). The summed E-state index contributed by atoms with van der Waals surface area (Å²) in [5.41, 5.74) is 7.03. The van der Waals surface area contributed by atoms with E-state index in [-0.39, 0.29) is 5.41 Å². The summed E-state index contributed by atoms with van der Waals surface area (Å²) in [6.45, 7) is 9.91. The smallest absolute Gasteiger partial charge is 0.174 e. The lowest BCUT2D eigenvalue weighted by molar-refractivity contribution is 0.583. The summed E-state index contributed by atoms with van der Waals surface area (Å²) in [4.78, 5) is 8.22. The number of nitrogens with zero attached hydrogens (tertiary/aromatic N) is 2. The van der Waals surface area contributed by atoms with Gasteiger partial charge in [-0.1, -0.05) is 27.4 Å². The van der Waals surface area contributed by atoms with Gasteiger partial charge in [-0.3, -0.25) is 0 Å². The van der Waals surface area contributed by atoms with Crippen LogP contribution in [0.25, 0.3) is 5.70 Å². The first-order chi connectivity index (χ1) is 5.91. The van der Waals surface area contributed by atoms with Crippen molar-refractivity contribution in [2.45, 2.75) is 26.2 Å². The molecule has 13 heavy (non-hydrogen) atoms. The van der Waals surface area contributed by atoms with Gasteiger partial charge in [-0.25, -0.2) is 9.97 Å². The Morgan fingerprint density at radius 1 is 1.31 bits per heavy atom.